The van der Waals surface area contributed by atoms with Crippen molar-refractivity contribution in [1.29, 1.82) is 0 Å². The average Bonchev–Trinajstić information content (AvgIpc) is 2.60. The van der Waals surface area contributed by atoms with E-state index in [-0.39, 0.29) is 0 Å². The largest absolute Gasteiger partial charge is 0.387 e. The Hall–Kier alpha value is -1.32. The standard InChI is InChI=1S/C12H16N2O/c1-8-2-3-10-9(6-8)7-11(14-10)12(15)4-5-13/h2-3,6-7,12,14-15H,4-5,13H2,1H3. The van der Waals surface area contributed by atoms with Crippen LogP contribution in [-0.4, -0.2) is 16.6 Å². The summed E-state index contributed by atoms with van der Waals surface area (Å²) in [7, 11) is 0. The molecule has 0 aliphatic rings. The Morgan fingerprint density at radius 3 is 2.93 bits per heavy atom. The van der Waals surface area contributed by atoms with E-state index < -0.39 is 6.10 Å². The van der Waals surface area contributed by atoms with Crippen molar-refractivity contribution in [2.45, 2.75) is 19.4 Å². The van der Waals surface area contributed by atoms with Crippen LogP contribution in [-0.2, 0) is 0 Å². The van der Waals surface area contributed by atoms with E-state index >= 15 is 0 Å². The number of aromatic nitrogens is 1. The van der Waals surface area contributed by atoms with Crippen LogP contribution in [0.1, 0.15) is 23.8 Å². The summed E-state index contributed by atoms with van der Waals surface area (Å²) in [6.07, 6.45) is 0.105. The molecule has 1 aromatic carbocycles. The summed E-state index contributed by atoms with van der Waals surface area (Å²) in [4.78, 5) is 3.20. The maximum Gasteiger partial charge on any atom is 0.0950 e. The zero-order valence-electron chi connectivity index (χ0n) is 8.83. The van der Waals surface area contributed by atoms with Gasteiger partial charge in [0.25, 0.3) is 0 Å². The van der Waals surface area contributed by atoms with Gasteiger partial charge in [-0.1, -0.05) is 11.6 Å². The van der Waals surface area contributed by atoms with E-state index in [4.69, 9.17) is 5.73 Å². The molecule has 1 heterocycles. The van der Waals surface area contributed by atoms with Crippen molar-refractivity contribution in [3.05, 3.63) is 35.5 Å². The summed E-state index contributed by atoms with van der Waals surface area (Å²) in [6, 6.07) is 8.18. The maximum atomic E-state index is 9.78. The van der Waals surface area contributed by atoms with E-state index in [0.717, 1.165) is 16.6 Å². The van der Waals surface area contributed by atoms with Crippen LogP contribution in [0, 0.1) is 6.92 Å². The molecule has 15 heavy (non-hydrogen) atoms. The molecule has 0 spiro atoms. The maximum absolute atomic E-state index is 9.78. The van der Waals surface area contributed by atoms with Crippen LogP contribution in [0.15, 0.2) is 24.3 Å². The number of aliphatic hydroxyl groups is 1. The Morgan fingerprint density at radius 1 is 1.40 bits per heavy atom. The van der Waals surface area contributed by atoms with Crippen molar-refractivity contribution < 1.29 is 5.11 Å². The molecule has 2 aromatic rings. The van der Waals surface area contributed by atoms with Gasteiger partial charge in [0.15, 0.2) is 0 Å². The minimum Gasteiger partial charge on any atom is -0.387 e. The molecule has 0 aliphatic carbocycles. The van der Waals surface area contributed by atoms with Crippen molar-refractivity contribution in [2.24, 2.45) is 5.73 Å². The lowest BCUT2D eigenvalue weighted by Crippen LogP contribution is -2.06. The lowest BCUT2D eigenvalue weighted by molar-refractivity contribution is 0.166. The molecule has 4 N–H and O–H groups in total. The van der Waals surface area contributed by atoms with Crippen molar-refractivity contribution >= 4 is 10.9 Å². The first-order valence-electron chi connectivity index (χ1n) is 5.18. The molecule has 1 aromatic heterocycles. The summed E-state index contributed by atoms with van der Waals surface area (Å²) in [5.74, 6) is 0. The first kappa shape index (κ1) is 10.2. The Balaban J connectivity index is 2.38. The number of aryl methyl sites for hydroxylation is 1. The molecule has 0 saturated heterocycles. The van der Waals surface area contributed by atoms with Gasteiger partial charge in [0, 0.05) is 16.6 Å². The minimum atomic E-state index is -0.484. The monoisotopic (exact) mass is 204 g/mol. The third kappa shape index (κ3) is 2.03. The number of aliphatic hydroxyl groups excluding tert-OH is 1. The van der Waals surface area contributed by atoms with Crippen molar-refractivity contribution in [3.63, 3.8) is 0 Å². The van der Waals surface area contributed by atoms with Crippen LogP contribution in [0.25, 0.3) is 10.9 Å². The topological polar surface area (TPSA) is 62.0 Å². The van der Waals surface area contributed by atoms with Gasteiger partial charge in [0.2, 0.25) is 0 Å². The normalized spacial score (nSPS) is 13.3. The molecule has 3 nitrogen and oxygen atoms in total. The van der Waals surface area contributed by atoms with Crippen LogP contribution in [0.5, 0.6) is 0 Å². The third-order valence-corrected chi connectivity index (χ3v) is 2.60. The quantitative estimate of drug-likeness (QED) is 0.714. The molecule has 0 radical (unpaired) electrons. The van der Waals surface area contributed by atoms with Gasteiger partial charge >= 0.3 is 0 Å². The van der Waals surface area contributed by atoms with Gasteiger partial charge in [-0.05, 0) is 38.1 Å². The second kappa shape index (κ2) is 4.04. The fourth-order valence-corrected chi connectivity index (χ4v) is 1.77. The number of benzene rings is 1. The highest BCUT2D eigenvalue weighted by molar-refractivity contribution is 5.81. The SMILES string of the molecule is Cc1ccc2[nH]c(C(O)CCN)cc2c1. The molecule has 1 unspecified atom stereocenters. The van der Waals surface area contributed by atoms with E-state index in [0.29, 0.717) is 13.0 Å². The van der Waals surface area contributed by atoms with Gasteiger partial charge < -0.3 is 15.8 Å². The van der Waals surface area contributed by atoms with Crippen LogP contribution in [0.3, 0.4) is 0 Å². The molecule has 1 atom stereocenters. The van der Waals surface area contributed by atoms with Crippen molar-refractivity contribution in [1.82, 2.24) is 4.98 Å². The molecule has 0 bridgehead atoms. The van der Waals surface area contributed by atoms with E-state index in [1.54, 1.807) is 0 Å². The van der Waals surface area contributed by atoms with Gasteiger partial charge in [-0.15, -0.1) is 0 Å². The van der Waals surface area contributed by atoms with Crippen LogP contribution >= 0.6 is 0 Å². The highest BCUT2D eigenvalue weighted by atomic mass is 16.3. The fourth-order valence-electron chi connectivity index (χ4n) is 1.77. The van der Waals surface area contributed by atoms with Gasteiger partial charge in [0.1, 0.15) is 0 Å². The highest BCUT2D eigenvalue weighted by Crippen LogP contribution is 2.22. The molecule has 3 heteroatoms. The average molecular weight is 204 g/mol. The molecular formula is C12H16N2O. The molecule has 0 fully saturated rings. The first-order chi connectivity index (χ1) is 7.20. The molecule has 0 aliphatic heterocycles. The molecular weight excluding hydrogens is 188 g/mol. The Labute approximate surface area is 88.9 Å². The van der Waals surface area contributed by atoms with Crippen LogP contribution in [0.4, 0.5) is 0 Å². The lowest BCUT2D eigenvalue weighted by Gasteiger charge is -2.05. The summed E-state index contributed by atoms with van der Waals surface area (Å²) in [6.45, 7) is 2.55. The van der Waals surface area contributed by atoms with Gasteiger partial charge in [-0.3, -0.25) is 0 Å². The van der Waals surface area contributed by atoms with E-state index in [1.165, 1.54) is 5.56 Å². The van der Waals surface area contributed by atoms with Gasteiger partial charge in [0.05, 0.1) is 6.10 Å². The van der Waals surface area contributed by atoms with Gasteiger partial charge in [-0.2, -0.15) is 0 Å². The Bertz CT molecular complexity index is 462. The number of rotatable bonds is 3. The number of hydrogen-bond acceptors (Lipinski definition) is 2. The summed E-state index contributed by atoms with van der Waals surface area (Å²) in [5.41, 5.74) is 8.54. The molecule has 80 valence electrons. The van der Waals surface area contributed by atoms with Crippen molar-refractivity contribution in [2.75, 3.05) is 6.54 Å². The van der Waals surface area contributed by atoms with E-state index in [2.05, 4.69) is 24.0 Å². The summed E-state index contributed by atoms with van der Waals surface area (Å²) >= 11 is 0. The van der Waals surface area contributed by atoms with E-state index in [9.17, 15) is 5.11 Å². The number of nitrogens with one attached hydrogen (secondary N) is 1. The lowest BCUT2D eigenvalue weighted by atomic mass is 10.1. The Morgan fingerprint density at radius 2 is 2.20 bits per heavy atom. The summed E-state index contributed by atoms with van der Waals surface area (Å²) in [5, 5.41) is 10.9. The second-order valence-corrected chi connectivity index (χ2v) is 3.91. The van der Waals surface area contributed by atoms with Crippen molar-refractivity contribution in [3.8, 4) is 0 Å². The number of H-pyrrole nitrogens is 1. The highest BCUT2D eigenvalue weighted by Gasteiger charge is 2.09. The predicted molar refractivity (Wildman–Crippen MR) is 61.7 cm³/mol. The van der Waals surface area contributed by atoms with E-state index in [1.807, 2.05) is 12.1 Å². The number of nitrogens with two attached hydrogens (primary N) is 1. The third-order valence-electron chi connectivity index (χ3n) is 2.60. The minimum absolute atomic E-state index is 0.484. The van der Waals surface area contributed by atoms with Crippen LogP contribution < -0.4 is 5.73 Å². The van der Waals surface area contributed by atoms with Gasteiger partial charge in [-0.25, -0.2) is 0 Å². The molecule has 0 saturated carbocycles. The molecule has 2 rings (SSSR count). The second-order valence-electron chi connectivity index (χ2n) is 3.91. The van der Waals surface area contributed by atoms with Crippen LogP contribution in [0.2, 0.25) is 0 Å². The zero-order chi connectivity index (χ0) is 10.8. The summed E-state index contributed by atoms with van der Waals surface area (Å²) < 4.78 is 0. The number of fused-ring (bicyclic) bond motifs is 1. The Kier molecular flexibility index (Phi) is 2.75. The predicted octanol–water partition coefficient (Wildman–Crippen LogP) is 1.86. The smallest absolute Gasteiger partial charge is 0.0950 e. The number of aromatic amines is 1. The first-order valence-corrected chi connectivity index (χ1v) is 5.18. The molecule has 0 amide bonds. The fraction of sp³-hybridized carbons (Fsp3) is 0.333. The zero-order valence-corrected chi connectivity index (χ0v) is 8.83. The number of hydrogen-bond donors (Lipinski definition) is 3.